The fourth-order valence-corrected chi connectivity index (χ4v) is 3.22. The topological polar surface area (TPSA) is 58.5 Å². The smallest absolute Gasteiger partial charge is 0.200 e. The third-order valence-corrected chi connectivity index (χ3v) is 4.77. The van der Waals surface area contributed by atoms with Crippen LogP contribution in [0.3, 0.4) is 0 Å². The summed E-state index contributed by atoms with van der Waals surface area (Å²) in [5.41, 5.74) is 2.07. The van der Waals surface area contributed by atoms with Crippen LogP contribution in [0.5, 0.6) is 0 Å². The van der Waals surface area contributed by atoms with Gasteiger partial charge < -0.3 is 0 Å². The van der Waals surface area contributed by atoms with Gasteiger partial charge in [0.15, 0.2) is 0 Å². The standard InChI is InChI=1S/C16H22N2O2S/c1-2-3-5-9-14-10-8-13-16(14)17-18-21(19,20)15-11-6-4-7-12-15/h4,6-7,10-12,18H,2-3,5,8-9,13H2,1H3/b17-16-. The Bertz CT molecular complexity index is 619. The van der Waals surface area contributed by atoms with E-state index in [9.17, 15) is 8.42 Å². The third-order valence-electron chi connectivity index (χ3n) is 3.55. The molecular formula is C16H22N2O2S. The Kier molecular flexibility index (Phi) is 5.56. The van der Waals surface area contributed by atoms with Crippen molar-refractivity contribution in [3.8, 4) is 0 Å². The van der Waals surface area contributed by atoms with Crippen molar-refractivity contribution in [2.75, 3.05) is 0 Å². The molecule has 0 unspecified atom stereocenters. The van der Waals surface area contributed by atoms with Crippen LogP contribution in [0, 0.1) is 0 Å². The molecule has 1 aliphatic carbocycles. The second-order valence-electron chi connectivity index (χ2n) is 5.19. The molecule has 0 heterocycles. The monoisotopic (exact) mass is 306 g/mol. The zero-order chi connectivity index (χ0) is 15.1. The zero-order valence-electron chi connectivity index (χ0n) is 12.4. The Labute approximate surface area is 127 Å². The fourth-order valence-electron chi connectivity index (χ4n) is 2.37. The first-order chi connectivity index (χ1) is 10.1. The molecule has 114 valence electrons. The molecular weight excluding hydrogens is 284 g/mol. The van der Waals surface area contributed by atoms with Crippen LogP contribution in [0.25, 0.3) is 0 Å². The van der Waals surface area contributed by atoms with Crippen molar-refractivity contribution in [3.05, 3.63) is 42.0 Å². The summed E-state index contributed by atoms with van der Waals surface area (Å²) in [6.07, 6.45) is 8.44. The molecule has 2 rings (SSSR count). The lowest BCUT2D eigenvalue weighted by atomic mass is 10.1. The molecule has 0 saturated carbocycles. The molecule has 1 aliphatic rings. The maximum atomic E-state index is 12.1. The lowest BCUT2D eigenvalue weighted by Gasteiger charge is -2.07. The van der Waals surface area contributed by atoms with E-state index in [1.807, 2.05) is 0 Å². The first kappa shape index (κ1) is 15.8. The first-order valence-corrected chi connectivity index (χ1v) is 8.94. The summed E-state index contributed by atoms with van der Waals surface area (Å²) in [5, 5.41) is 4.14. The van der Waals surface area contributed by atoms with Gasteiger partial charge in [0, 0.05) is 0 Å². The molecule has 1 aromatic carbocycles. The minimum atomic E-state index is -3.56. The SMILES string of the molecule is CCCCCC1=CCC/C1=N/NS(=O)(=O)c1ccccc1. The van der Waals surface area contributed by atoms with Crippen LogP contribution in [0.1, 0.15) is 45.4 Å². The number of nitrogens with one attached hydrogen (secondary N) is 1. The van der Waals surface area contributed by atoms with E-state index in [-0.39, 0.29) is 4.90 Å². The Morgan fingerprint density at radius 3 is 2.67 bits per heavy atom. The molecule has 21 heavy (non-hydrogen) atoms. The summed E-state index contributed by atoms with van der Waals surface area (Å²) in [6, 6.07) is 8.32. The minimum absolute atomic E-state index is 0.240. The van der Waals surface area contributed by atoms with Gasteiger partial charge >= 0.3 is 0 Å². The van der Waals surface area contributed by atoms with Crippen LogP contribution in [0.15, 0.2) is 52.0 Å². The fraction of sp³-hybridized carbons (Fsp3) is 0.438. The van der Waals surface area contributed by atoms with Crippen LogP contribution in [0.4, 0.5) is 0 Å². The Balaban J connectivity index is 2.02. The molecule has 4 nitrogen and oxygen atoms in total. The second-order valence-corrected chi connectivity index (χ2v) is 6.85. The normalized spacial score (nSPS) is 17.0. The molecule has 0 aromatic heterocycles. The van der Waals surface area contributed by atoms with E-state index in [2.05, 4.69) is 22.9 Å². The van der Waals surface area contributed by atoms with Gasteiger partial charge in [-0.05, 0) is 43.4 Å². The molecule has 1 N–H and O–H groups in total. The summed E-state index contributed by atoms with van der Waals surface area (Å²) in [5.74, 6) is 0. The van der Waals surface area contributed by atoms with Gasteiger partial charge in [-0.15, -0.1) is 0 Å². The van der Waals surface area contributed by atoms with Gasteiger partial charge in [-0.2, -0.15) is 18.4 Å². The second kappa shape index (κ2) is 7.41. The Morgan fingerprint density at radius 1 is 1.19 bits per heavy atom. The first-order valence-electron chi connectivity index (χ1n) is 7.46. The molecule has 0 spiro atoms. The summed E-state index contributed by atoms with van der Waals surface area (Å²) in [6.45, 7) is 2.17. The maximum absolute atomic E-state index is 12.1. The molecule has 5 heteroatoms. The number of hydrogen-bond donors (Lipinski definition) is 1. The number of hydrazone groups is 1. The lowest BCUT2D eigenvalue weighted by Crippen LogP contribution is -2.20. The van der Waals surface area contributed by atoms with Gasteiger partial charge in [0.05, 0.1) is 10.6 Å². The van der Waals surface area contributed by atoms with Crippen molar-refractivity contribution in [1.29, 1.82) is 0 Å². The predicted octanol–water partition coefficient (Wildman–Crippen LogP) is 3.62. The molecule has 1 aromatic rings. The van der Waals surface area contributed by atoms with E-state index in [1.165, 1.54) is 18.4 Å². The van der Waals surface area contributed by atoms with Gasteiger partial charge in [-0.25, -0.2) is 0 Å². The quantitative estimate of drug-likeness (QED) is 0.618. The predicted molar refractivity (Wildman–Crippen MR) is 85.7 cm³/mol. The Hall–Kier alpha value is -1.62. The largest absolute Gasteiger partial charge is 0.276 e. The van der Waals surface area contributed by atoms with Crippen molar-refractivity contribution in [2.45, 2.75) is 50.3 Å². The third kappa shape index (κ3) is 4.43. The highest BCUT2D eigenvalue weighted by Gasteiger charge is 2.16. The van der Waals surface area contributed by atoms with Crippen molar-refractivity contribution in [3.63, 3.8) is 0 Å². The van der Waals surface area contributed by atoms with Crippen LogP contribution in [0.2, 0.25) is 0 Å². The van der Waals surface area contributed by atoms with Gasteiger partial charge in [0.1, 0.15) is 0 Å². The highest BCUT2D eigenvalue weighted by atomic mass is 32.2. The number of rotatable bonds is 7. The van der Waals surface area contributed by atoms with E-state index < -0.39 is 10.0 Å². The minimum Gasteiger partial charge on any atom is -0.200 e. The van der Waals surface area contributed by atoms with Gasteiger partial charge in [0.25, 0.3) is 10.0 Å². The summed E-state index contributed by atoms with van der Waals surface area (Å²) >= 11 is 0. The molecule has 0 bridgehead atoms. The van der Waals surface area contributed by atoms with Crippen LogP contribution >= 0.6 is 0 Å². The number of nitrogens with zero attached hydrogens (tertiary/aromatic N) is 1. The van der Waals surface area contributed by atoms with E-state index in [1.54, 1.807) is 30.3 Å². The number of unbranched alkanes of at least 4 members (excludes halogenated alkanes) is 2. The van der Waals surface area contributed by atoms with Crippen LogP contribution in [-0.4, -0.2) is 14.1 Å². The van der Waals surface area contributed by atoms with Crippen molar-refractivity contribution in [1.82, 2.24) is 4.83 Å². The summed E-state index contributed by atoms with van der Waals surface area (Å²) in [7, 11) is -3.56. The van der Waals surface area contributed by atoms with Gasteiger partial charge in [-0.1, -0.05) is 44.0 Å². The van der Waals surface area contributed by atoms with E-state index >= 15 is 0 Å². The van der Waals surface area contributed by atoms with E-state index in [0.717, 1.165) is 31.4 Å². The van der Waals surface area contributed by atoms with E-state index in [4.69, 9.17) is 0 Å². The molecule has 0 radical (unpaired) electrons. The Morgan fingerprint density at radius 2 is 1.95 bits per heavy atom. The van der Waals surface area contributed by atoms with Crippen molar-refractivity contribution < 1.29 is 8.42 Å². The van der Waals surface area contributed by atoms with E-state index in [0.29, 0.717) is 0 Å². The van der Waals surface area contributed by atoms with Gasteiger partial charge in [0.2, 0.25) is 0 Å². The number of sulfonamides is 1. The number of allylic oxidation sites excluding steroid dienone is 2. The highest BCUT2D eigenvalue weighted by Crippen LogP contribution is 2.21. The lowest BCUT2D eigenvalue weighted by molar-refractivity contribution is 0.584. The zero-order valence-corrected chi connectivity index (χ0v) is 13.2. The summed E-state index contributed by atoms with van der Waals surface area (Å²) in [4.78, 5) is 2.60. The molecule has 0 aliphatic heterocycles. The van der Waals surface area contributed by atoms with Crippen molar-refractivity contribution >= 4 is 15.7 Å². The molecule has 0 saturated heterocycles. The van der Waals surface area contributed by atoms with Gasteiger partial charge in [-0.3, -0.25) is 0 Å². The highest BCUT2D eigenvalue weighted by molar-refractivity contribution is 7.89. The number of benzene rings is 1. The van der Waals surface area contributed by atoms with Crippen LogP contribution < -0.4 is 4.83 Å². The van der Waals surface area contributed by atoms with Crippen molar-refractivity contribution in [2.24, 2.45) is 5.10 Å². The molecule has 0 fully saturated rings. The maximum Gasteiger partial charge on any atom is 0.276 e. The number of hydrogen-bond acceptors (Lipinski definition) is 3. The summed E-state index contributed by atoms with van der Waals surface area (Å²) < 4.78 is 24.2. The van der Waals surface area contributed by atoms with Crippen LogP contribution in [-0.2, 0) is 10.0 Å². The average molecular weight is 306 g/mol. The molecule has 0 atom stereocenters. The molecule has 0 amide bonds. The average Bonchev–Trinajstić information content (AvgIpc) is 2.94.